The largest absolute Gasteiger partial charge is 0.468 e. The Kier molecular flexibility index (Phi) is 6.06. The molecule has 1 atom stereocenters. The summed E-state index contributed by atoms with van der Waals surface area (Å²) in [5.74, 6) is 1.80. The lowest BCUT2D eigenvalue weighted by Crippen LogP contribution is -2.40. The Morgan fingerprint density at radius 2 is 2.62 bits per heavy atom. The molecule has 0 saturated heterocycles. The molecule has 13 heavy (non-hydrogen) atoms. The number of azide groups is 1. The first-order valence-electron chi connectivity index (χ1n) is 3.51. The highest BCUT2D eigenvalue weighted by Crippen LogP contribution is 1.89. The smallest absolute Gasteiger partial charge is 0.323 e. The van der Waals surface area contributed by atoms with Gasteiger partial charge in [-0.2, -0.15) is 0 Å². The van der Waals surface area contributed by atoms with Crippen molar-refractivity contribution >= 4 is 5.97 Å². The molecule has 6 heteroatoms. The summed E-state index contributed by atoms with van der Waals surface area (Å²) in [4.78, 5) is 13.5. The van der Waals surface area contributed by atoms with E-state index in [1.807, 2.05) is 0 Å². The Morgan fingerprint density at radius 1 is 1.92 bits per heavy atom. The van der Waals surface area contributed by atoms with Crippen LogP contribution in [0.15, 0.2) is 5.11 Å². The predicted molar refractivity (Wildman–Crippen MR) is 46.7 cm³/mol. The Balaban J connectivity index is 4.10. The number of nitrogens with zero attached hydrogens (tertiary/aromatic N) is 3. The van der Waals surface area contributed by atoms with Gasteiger partial charge in [-0.25, -0.2) is 0 Å². The molecular formula is C7H10N4O2. The van der Waals surface area contributed by atoms with Crippen molar-refractivity contribution in [1.29, 1.82) is 0 Å². The minimum atomic E-state index is -0.669. The molecule has 1 N–H and O–H groups in total. The molecule has 1 unspecified atom stereocenters. The van der Waals surface area contributed by atoms with Gasteiger partial charge in [0.2, 0.25) is 0 Å². The molecule has 6 nitrogen and oxygen atoms in total. The summed E-state index contributed by atoms with van der Waals surface area (Å²) in [6.45, 7) is 0.214. The molecule has 0 aliphatic carbocycles. The molecule has 0 rings (SSSR count). The Bertz CT molecular complexity index is 252. The number of hydrogen-bond acceptors (Lipinski definition) is 4. The van der Waals surface area contributed by atoms with Gasteiger partial charge in [0.1, 0.15) is 6.04 Å². The van der Waals surface area contributed by atoms with Crippen LogP contribution in [0.25, 0.3) is 10.4 Å². The monoisotopic (exact) mass is 182 g/mol. The predicted octanol–water partition coefficient (Wildman–Crippen LogP) is 0.0611. The first-order valence-corrected chi connectivity index (χ1v) is 3.51. The summed E-state index contributed by atoms with van der Waals surface area (Å²) < 4.78 is 4.45. The minimum absolute atomic E-state index is 0.00907. The van der Waals surface area contributed by atoms with Gasteiger partial charge in [0.25, 0.3) is 0 Å². The average Bonchev–Trinajstić information content (AvgIpc) is 2.17. The minimum Gasteiger partial charge on any atom is -0.468 e. The molecule has 0 aromatic carbocycles. The van der Waals surface area contributed by atoms with E-state index in [1.165, 1.54) is 7.11 Å². The maximum Gasteiger partial charge on any atom is 0.323 e. The number of rotatable bonds is 5. The van der Waals surface area contributed by atoms with Crippen LogP contribution >= 0.6 is 0 Å². The van der Waals surface area contributed by atoms with E-state index in [0.717, 1.165) is 0 Å². The fraction of sp³-hybridized carbons (Fsp3) is 0.571. The molecule has 0 saturated carbocycles. The molecule has 0 aliphatic heterocycles. The fourth-order valence-corrected chi connectivity index (χ4v) is 0.665. The number of carbonyl (C=O) groups excluding carboxylic acids is 1. The molecule has 0 aliphatic rings. The normalized spacial score (nSPS) is 10.8. The lowest BCUT2D eigenvalue weighted by Gasteiger charge is -2.11. The Labute approximate surface area is 75.9 Å². The first-order chi connectivity index (χ1) is 6.26. The summed E-state index contributed by atoms with van der Waals surface area (Å²) in [6, 6.07) is -0.669. The van der Waals surface area contributed by atoms with Crippen LogP contribution < -0.4 is 5.32 Å². The third kappa shape index (κ3) is 4.69. The third-order valence-corrected chi connectivity index (χ3v) is 1.26. The van der Waals surface area contributed by atoms with Crippen LogP contribution in [0.3, 0.4) is 0 Å². The van der Waals surface area contributed by atoms with Gasteiger partial charge in [-0.05, 0) is 5.53 Å². The van der Waals surface area contributed by atoms with Gasteiger partial charge in [-0.15, -0.1) is 6.42 Å². The third-order valence-electron chi connectivity index (χ3n) is 1.26. The van der Waals surface area contributed by atoms with Crippen LogP contribution in [-0.2, 0) is 9.53 Å². The number of terminal acetylenes is 1. The number of esters is 1. The van der Waals surface area contributed by atoms with E-state index in [9.17, 15) is 4.79 Å². The number of ether oxygens (including phenoxy) is 1. The summed E-state index contributed by atoms with van der Waals surface area (Å²) in [6.07, 6.45) is 4.98. The van der Waals surface area contributed by atoms with E-state index in [4.69, 9.17) is 12.0 Å². The van der Waals surface area contributed by atoms with E-state index in [0.29, 0.717) is 0 Å². The summed E-state index contributed by atoms with van der Waals surface area (Å²) in [5.41, 5.74) is 8.03. The molecular weight excluding hydrogens is 172 g/mol. The Morgan fingerprint density at radius 3 is 3.08 bits per heavy atom. The van der Waals surface area contributed by atoms with Crippen LogP contribution in [0.5, 0.6) is 0 Å². The van der Waals surface area contributed by atoms with Gasteiger partial charge >= 0.3 is 5.97 Å². The van der Waals surface area contributed by atoms with E-state index in [2.05, 4.69) is 26.0 Å². The van der Waals surface area contributed by atoms with Gasteiger partial charge in [-0.1, -0.05) is 11.0 Å². The second kappa shape index (κ2) is 6.98. The molecule has 0 radical (unpaired) electrons. The zero-order chi connectivity index (χ0) is 10.1. The maximum atomic E-state index is 11.0. The van der Waals surface area contributed by atoms with Crippen molar-refractivity contribution in [3.63, 3.8) is 0 Å². The molecule has 0 fully saturated rings. The van der Waals surface area contributed by atoms with Crippen molar-refractivity contribution in [2.75, 3.05) is 20.2 Å². The van der Waals surface area contributed by atoms with Crippen molar-refractivity contribution in [2.45, 2.75) is 6.04 Å². The lowest BCUT2D eigenvalue weighted by molar-refractivity contribution is -0.142. The highest BCUT2D eigenvalue weighted by Gasteiger charge is 2.16. The Hall–Kier alpha value is -1.70. The zero-order valence-electron chi connectivity index (χ0n) is 7.23. The highest BCUT2D eigenvalue weighted by molar-refractivity contribution is 5.75. The van der Waals surface area contributed by atoms with Crippen LogP contribution in [0.4, 0.5) is 0 Å². The van der Waals surface area contributed by atoms with Crippen LogP contribution in [0.1, 0.15) is 0 Å². The summed E-state index contributed by atoms with van der Waals surface area (Å²) in [5, 5.41) is 5.92. The topological polar surface area (TPSA) is 87.1 Å². The van der Waals surface area contributed by atoms with Gasteiger partial charge in [0.05, 0.1) is 20.2 Å². The highest BCUT2D eigenvalue weighted by atomic mass is 16.5. The van der Waals surface area contributed by atoms with E-state index < -0.39 is 12.0 Å². The number of hydrogen-bond donors (Lipinski definition) is 1. The zero-order valence-corrected chi connectivity index (χ0v) is 7.23. The number of methoxy groups -OCH3 is 1. The van der Waals surface area contributed by atoms with Crippen molar-refractivity contribution < 1.29 is 9.53 Å². The number of carbonyl (C=O) groups is 1. The maximum absolute atomic E-state index is 11.0. The van der Waals surface area contributed by atoms with E-state index in [-0.39, 0.29) is 13.1 Å². The average molecular weight is 182 g/mol. The van der Waals surface area contributed by atoms with Crippen LogP contribution in [0, 0.1) is 12.3 Å². The fourth-order valence-electron chi connectivity index (χ4n) is 0.665. The van der Waals surface area contributed by atoms with Gasteiger partial charge in [0.15, 0.2) is 0 Å². The van der Waals surface area contributed by atoms with Crippen molar-refractivity contribution in [3.8, 4) is 12.3 Å². The quantitative estimate of drug-likeness (QED) is 0.214. The molecule has 70 valence electrons. The molecule has 0 spiro atoms. The molecule has 0 aromatic heterocycles. The van der Waals surface area contributed by atoms with Crippen molar-refractivity contribution in [1.82, 2.24) is 5.32 Å². The molecule has 0 heterocycles. The molecule has 0 amide bonds. The van der Waals surface area contributed by atoms with Gasteiger partial charge in [-0.3, -0.25) is 10.1 Å². The lowest BCUT2D eigenvalue weighted by atomic mass is 10.3. The second-order valence-electron chi connectivity index (χ2n) is 2.07. The molecule has 0 aromatic rings. The second-order valence-corrected chi connectivity index (χ2v) is 2.07. The van der Waals surface area contributed by atoms with Gasteiger partial charge in [0, 0.05) is 4.91 Å². The summed E-state index contributed by atoms with van der Waals surface area (Å²) in [7, 11) is 1.25. The molecule has 0 bridgehead atoms. The number of nitrogens with one attached hydrogen (secondary N) is 1. The summed E-state index contributed by atoms with van der Waals surface area (Å²) >= 11 is 0. The first kappa shape index (κ1) is 11.3. The van der Waals surface area contributed by atoms with E-state index >= 15 is 0 Å². The standard InChI is InChI=1S/C7H10N4O2/c1-3-4-9-6(5-10-11-8)7(12)13-2/h1,6,9H,4-5H2,2H3. The van der Waals surface area contributed by atoms with Crippen molar-refractivity contribution in [3.05, 3.63) is 10.4 Å². The van der Waals surface area contributed by atoms with E-state index in [1.54, 1.807) is 0 Å². The SMILES string of the molecule is C#CCNC(CN=[N+]=[N-])C(=O)OC. The van der Waals surface area contributed by atoms with Gasteiger partial charge < -0.3 is 4.74 Å². The van der Waals surface area contributed by atoms with Crippen LogP contribution in [0.2, 0.25) is 0 Å². The van der Waals surface area contributed by atoms with Crippen LogP contribution in [-0.4, -0.2) is 32.2 Å². The van der Waals surface area contributed by atoms with Crippen molar-refractivity contribution in [2.24, 2.45) is 5.11 Å².